The fourth-order valence-electron chi connectivity index (χ4n) is 2.00. The summed E-state index contributed by atoms with van der Waals surface area (Å²) in [6.45, 7) is 7.51. The molecule has 0 aromatic heterocycles. The smallest absolute Gasteiger partial charge is 0.416 e. The first-order chi connectivity index (χ1) is 10.7. The van der Waals surface area contributed by atoms with Crippen molar-refractivity contribution < 1.29 is 22.7 Å². The van der Waals surface area contributed by atoms with E-state index in [9.17, 15) is 18.0 Å². The first-order valence-electron chi connectivity index (χ1n) is 7.56. The molecule has 0 aliphatic heterocycles. The maximum atomic E-state index is 12.6. The fraction of sp³-hybridized carbons (Fsp3) is 0.562. The van der Waals surface area contributed by atoms with Gasteiger partial charge in [-0.3, -0.25) is 0 Å². The van der Waals surface area contributed by atoms with Crippen LogP contribution in [-0.4, -0.2) is 37.2 Å². The van der Waals surface area contributed by atoms with Crippen LogP contribution in [0.15, 0.2) is 24.3 Å². The molecular weight excluding hydrogens is 309 g/mol. The van der Waals surface area contributed by atoms with E-state index < -0.39 is 11.7 Å². The van der Waals surface area contributed by atoms with Crippen LogP contribution in [0.2, 0.25) is 0 Å². The Balaban J connectivity index is 2.41. The van der Waals surface area contributed by atoms with Crippen molar-refractivity contribution in [1.29, 1.82) is 0 Å². The molecule has 0 aliphatic carbocycles. The van der Waals surface area contributed by atoms with Crippen LogP contribution in [0.5, 0.6) is 5.75 Å². The second-order valence-corrected chi connectivity index (χ2v) is 5.54. The molecule has 2 amide bonds. The molecule has 0 saturated heterocycles. The lowest BCUT2D eigenvalue weighted by Crippen LogP contribution is -2.43. The maximum Gasteiger partial charge on any atom is 0.416 e. The number of hydrogen-bond donors (Lipinski definition) is 1. The highest BCUT2D eigenvalue weighted by Gasteiger charge is 2.30. The number of benzene rings is 1. The lowest BCUT2D eigenvalue weighted by molar-refractivity contribution is -0.137. The zero-order chi connectivity index (χ0) is 17.5. The molecule has 0 fully saturated rings. The number of amides is 2. The number of hydrogen-bond acceptors (Lipinski definition) is 2. The highest BCUT2D eigenvalue weighted by molar-refractivity contribution is 5.74. The number of halogens is 3. The van der Waals surface area contributed by atoms with Crippen LogP contribution >= 0.6 is 0 Å². The van der Waals surface area contributed by atoms with E-state index >= 15 is 0 Å². The predicted octanol–water partition coefficient (Wildman–Crippen LogP) is 3.77. The number of nitrogens with one attached hydrogen (secondary N) is 1. The molecule has 1 aromatic rings. The van der Waals surface area contributed by atoms with Gasteiger partial charge >= 0.3 is 12.2 Å². The number of nitrogens with zero attached hydrogens (tertiary/aromatic N) is 1. The first-order valence-corrected chi connectivity index (χ1v) is 7.56. The summed E-state index contributed by atoms with van der Waals surface area (Å²) in [5, 5.41) is 2.69. The molecule has 0 radical (unpaired) electrons. The number of carbonyl (C=O) groups is 1. The van der Waals surface area contributed by atoms with Crippen LogP contribution in [0.4, 0.5) is 18.0 Å². The minimum atomic E-state index is -4.40. The third-order valence-electron chi connectivity index (χ3n) is 3.06. The summed E-state index contributed by atoms with van der Waals surface area (Å²) in [4.78, 5) is 13.6. The van der Waals surface area contributed by atoms with Gasteiger partial charge in [0, 0.05) is 13.1 Å². The van der Waals surface area contributed by atoms with E-state index in [0.717, 1.165) is 12.1 Å². The molecule has 0 atom stereocenters. The van der Waals surface area contributed by atoms with Crippen LogP contribution in [0.1, 0.15) is 26.3 Å². The predicted molar refractivity (Wildman–Crippen MR) is 82.4 cm³/mol. The zero-order valence-corrected chi connectivity index (χ0v) is 13.6. The molecule has 130 valence electrons. The number of rotatable bonds is 7. The minimum absolute atomic E-state index is 0.103. The van der Waals surface area contributed by atoms with Crippen molar-refractivity contribution in [3.63, 3.8) is 0 Å². The number of alkyl halides is 3. The fourth-order valence-corrected chi connectivity index (χ4v) is 2.00. The van der Waals surface area contributed by atoms with Crippen molar-refractivity contribution in [3.05, 3.63) is 29.8 Å². The van der Waals surface area contributed by atoms with Crippen molar-refractivity contribution in [2.24, 2.45) is 5.92 Å². The van der Waals surface area contributed by atoms with E-state index in [1.54, 1.807) is 4.90 Å². The van der Waals surface area contributed by atoms with Crippen molar-refractivity contribution in [2.75, 3.05) is 26.2 Å². The van der Waals surface area contributed by atoms with Gasteiger partial charge in [0.15, 0.2) is 0 Å². The average Bonchev–Trinajstić information content (AvgIpc) is 2.48. The minimum Gasteiger partial charge on any atom is -0.492 e. The summed E-state index contributed by atoms with van der Waals surface area (Å²) in [5.41, 5.74) is -0.756. The van der Waals surface area contributed by atoms with Gasteiger partial charge in [0.2, 0.25) is 0 Å². The molecule has 0 bridgehead atoms. The second-order valence-electron chi connectivity index (χ2n) is 5.54. The molecule has 0 unspecified atom stereocenters. The third kappa shape index (κ3) is 6.80. The Kier molecular flexibility index (Phi) is 7.19. The van der Waals surface area contributed by atoms with E-state index in [1.165, 1.54) is 12.1 Å². The van der Waals surface area contributed by atoms with Gasteiger partial charge in [0.25, 0.3) is 0 Å². The highest BCUT2D eigenvalue weighted by atomic mass is 19.4. The van der Waals surface area contributed by atoms with Crippen LogP contribution < -0.4 is 10.1 Å². The zero-order valence-electron chi connectivity index (χ0n) is 13.6. The Hall–Kier alpha value is -1.92. The average molecular weight is 332 g/mol. The Morgan fingerprint density at radius 2 is 2.04 bits per heavy atom. The van der Waals surface area contributed by atoms with Crippen molar-refractivity contribution in [3.8, 4) is 5.75 Å². The first kappa shape index (κ1) is 19.1. The molecule has 1 N–H and O–H groups in total. The lowest BCUT2D eigenvalue weighted by Gasteiger charge is -2.23. The number of urea groups is 1. The van der Waals surface area contributed by atoms with E-state index in [0.29, 0.717) is 19.0 Å². The van der Waals surface area contributed by atoms with Crippen molar-refractivity contribution in [1.82, 2.24) is 10.2 Å². The molecule has 23 heavy (non-hydrogen) atoms. The summed E-state index contributed by atoms with van der Waals surface area (Å²) < 4.78 is 43.0. The Morgan fingerprint density at radius 1 is 1.35 bits per heavy atom. The van der Waals surface area contributed by atoms with E-state index in [2.05, 4.69) is 5.32 Å². The number of carbonyl (C=O) groups excluding carboxylic acids is 1. The van der Waals surface area contributed by atoms with Gasteiger partial charge in [-0.2, -0.15) is 13.2 Å². The quantitative estimate of drug-likeness (QED) is 0.772. The van der Waals surface area contributed by atoms with Gasteiger partial charge in [-0.05, 0) is 31.0 Å². The normalized spacial score (nSPS) is 11.4. The van der Waals surface area contributed by atoms with Crippen LogP contribution in [-0.2, 0) is 6.18 Å². The highest BCUT2D eigenvalue weighted by Crippen LogP contribution is 2.31. The molecule has 0 heterocycles. The van der Waals surface area contributed by atoms with Crippen LogP contribution in [0.25, 0.3) is 0 Å². The SMILES string of the molecule is CCN(CC(C)C)C(=O)NCCOc1cccc(C(F)(F)F)c1. The Labute approximate surface area is 134 Å². The standard InChI is InChI=1S/C16H23F3N2O2/c1-4-21(11-12(2)3)15(22)20-8-9-23-14-7-5-6-13(10-14)16(17,18)19/h5-7,10,12H,4,8-9,11H2,1-3H3,(H,20,22). The van der Waals surface area contributed by atoms with Crippen LogP contribution in [0, 0.1) is 5.92 Å². The van der Waals surface area contributed by atoms with Gasteiger partial charge in [-0.15, -0.1) is 0 Å². The molecule has 0 aliphatic rings. The lowest BCUT2D eigenvalue weighted by atomic mass is 10.2. The maximum absolute atomic E-state index is 12.6. The third-order valence-corrected chi connectivity index (χ3v) is 3.06. The van der Waals surface area contributed by atoms with E-state index in [-0.39, 0.29) is 24.9 Å². The molecule has 0 spiro atoms. The summed E-state index contributed by atoms with van der Waals surface area (Å²) in [7, 11) is 0. The summed E-state index contributed by atoms with van der Waals surface area (Å²) in [5.74, 6) is 0.491. The molecule has 7 heteroatoms. The van der Waals surface area contributed by atoms with E-state index in [4.69, 9.17) is 4.74 Å². The number of ether oxygens (including phenoxy) is 1. The van der Waals surface area contributed by atoms with Crippen LogP contribution in [0.3, 0.4) is 0 Å². The molecule has 0 saturated carbocycles. The van der Waals surface area contributed by atoms with Gasteiger partial charge in [-0.25, -0.2) is 4.79 Å². The summed E-state index contributed by atoms with van der Waals surface area (Å²) in [6, 6.07) is 4.47. The molecule has 1 aromatic carbocycles. The second kappa shape index (κ2) is 8.64. The Bertz CT molecular complexity index is 504. The monoisotopic (exact) mass is 332 g/mol. The summed E-state index contributed by atoms with van der Waals surface area (Å²) in [6.07, 6.45) is -4.40. The molecule has 4 nitrogen and oxygen atoms in total. The topological polar surface area (TPSA) is 41.6 Å². The van der Waals surface area contributed by atoms with Crippen molar-refractivity contribution in [2.45, 2.75) is 26.9 Å². The Morgan fingerprint density at radius 3 is 2.61 bits per heavy atom. The summed E-state index contributed by atoms with van der Waals surface area (Å²) >= 11 is 0. The van der Waals surface area contributed by atoms with Gasteiger partial charge < -0.3 is 15.0 Å². The largest absolute Gasteiger partial charge is 0.492 e. The van der Waals surface area contributed by atoms with Gasteiger partial charge in [-0.1, -0.05) is 19.9 Å². The van der Waals surface area contributed by atoms with Crippen molar-refractivity contribution >= 4 is 6.03 Å². The van der Waals surface area contributed by atoms with Gasteiger partial charge in [0.05, 0.1) is 12.1 Å². The molecular formula is C16H23F3N2O2. The molecule has 1 rings (SSSR count). The van der Waals surface area contributed by atoms with Gasteiger partial charge in [0.1, 0.15) is 12.4 Å². The van der Waals surface area contributed by atoms with E-state index in [1.807, 2.05) is 20.8 Å².